The zero-order valence-corrected chi connectivity index (χ0v) is 12.4. The fourth-order valence-electron chi connectivity index (χ4n) is 1.48. The van der Waals surface area contributed by atoms with Crippen LogP contribution >= 0.6 is 15.9 Å². The highest BCUT2D eigenvalue weighted by atomic mass is 79.9. The average molecular weight is 360 g/mol. The lowest BCUT2D eigenvalue weighted by molar-refractivity contribution is -0.137. The third-order valence-corrected chi connectivity index (χ3v) is 4.53. The summed E-state index contributed by atoms with van der Waals surface area (Å²) in [5.41, 5.74) is 0.877. The molecule has 1 unspecified atom stereocenters. The zero-order valence-electron chi connectivity index (χ0n) is 10.0. The van der Waals surface area contributed by atoms with Crippen LogP contribution in [-0.2, 0) is 15.4 Å². The number of benzene rings is 1. The molecule has 19 heavy (non-hydrogen) atoms. The van der Waals surface area contributed by atoms with E-state index in [1.54, 1.807) is 12.1 Å². The molecule has 1 aromatic carbocycles. The number of halogens is 4. The van der Waals surface area contributed by atoms with Gasteiger partial charge in [0.25, 0.3) is 0 Å². The van der Waals surface area contributed by atoms with E-state index in [2.05, 4.69) is 15.9 Å². The predicted molar refractivity (Wildman–Crippen MR) is 69.5 cm³/mol. The Morgan fingerprint density at radius 1 is 1.26 bits per heavy atom. The van der Waals surface area contributed by atoms with Crippen LogP contribution in [0.5, 0.6) is 0 Å². The summed E-state index contributed by atoms with van der Waals surface area (Å²) in [5.74, 6) is 0. The fraction of sp³-hybridized carbons (Fsp3) is 0.455. The van der Waals surface area contributed by atoms with E-state index in [0.29, 0.717) is 5.33 Å². The van der Waals surface area contributed by atoms with Crippen LogP contribution < -0.4 is 4.72 Å². The molecule has 1 N–H and O–H groups in total. The van der Waals surface area contributed by atoms with Gasteiger partial charge in [0.05, 0.1) is 11.3 Å². The molecule has 0 spiro atoms. The van der Waals surface area contributed by atoms with Crippen molar-refractivity contribution < 1.29 is 21.6 Å². The summed E-state index contributed by atoms with van der Waals surface area (Å²) >= 11 is 3.22. The number of hydrogen-bond donors (Lipinski definition) is 1. The minimum absolute atomic E-state index is 0.0498. The summed E-state index contributed by atoms with van der Waals surface area (Å²) in [6.45, 7) is 1.18. The van der Waals surface area contributed by atoms with E-state index < -0.39 is 28.7 Å². The fourth-order valence-corrected chi connectivity index (χ4v) is 3.10. The van der Waals surface area contributed by atoms with E-state index in [-0.39, 0.29) is 4.90 Å². The maximum absolute atomic E-state index is 12.1. The van der Waals surface area contributed by atoms with Crippen LogP contribution in [0.3, 0.4) is 0 Å². The molecule has 0 fully saturated rings. The Bertz CT molecular complexity index is 514. The van der Waals surface area contributed by atoms with E-state index in [1.807, 2.05) is 4.72 Å². The van der Waals surface area contributed by atoms with Crippen molar-refractivity contribution in [2.45, 2.75) is 35.8 Å². The maximum atomic E-state index is 12.1. The molecule has 108 valence electrons. The van der Waals surface area contributed by atoms with Gasteiger partial charge in [0.15, 0.2) is 0 Å². The molecular formula is C11H13BrF3NO2S. The van der Waals surface area contributed by atoms with Gasteiger partial charge in [0, 0.05) is 11.4 Å². The van der Waals surface area contributed by atoms with Gasteiger partial charge in [-0.3, -0.25) is 0 Å². The number of alkyl halides is 4. The van der Waals surface area contributed by atoms with Crippen molar-refractivity contribution in [3.05, 3.63) is 29.8 Å². The van der Waals surface area contributed by atoms with Gasteiger partial charge in [-0.05, 0) is 24.6 Å². The summed E-state index contributed by atoms with van der Waals surface area (Å²) in [4.78, 5) is -0.0498. The first-order valence-corrected chi connectivity index (χ1v) is 7.98. The predicted octanol–water partition coefficient (Wildman–Crippen LogP) is 3.20. The van der Waals surface area contributed by atoms with Gasteiger partial charge >= 0.3 is 6.18 Å². The van der Waals surface area contributed by atoms with Gasteiger partial charge in [-0.15, -0.1) is 0 Å². The Morgan fingerprint density at radius 2 is 1.79 bits per heavy atom. The lowest BCUT2D eigenvalue weighted by atomic mass is 10.2. The van der Waals surface area contributed by atoms with Crippen LogP contribution in [0, 0.1) is 0 Å². The minimum atomic E-state index is -4.40. The lowest BCUT2D eigenvalue weighted by Gasteiger charge is -2.16. The summed E-state index contributed by atoms with van der Waals surface area (Å²) in [7, 11) is -3.92. The molecule has 1 rings (SSSR count). The number of sulfonamides is 1. The van der Waals surface area contributed by atoms with Crippen LogP contribution in [0.2, 0.25) is 0 Å². The summed E-state index contributed by atoms with van der Waals surface area (Å²) in [5, 5.41) is 0.575. The number of rotatable bonds is 5. The van der Waals surface area contributed by atoms with Crippen molar-refractivity contribution in [3.8, 4) is 0 Å². The SMILES string of the molecule is CC(CC(F)(F)F)NS(=O)(=O)c1ccc(CBr)cc1. The maximum Gasteiger partial charge on any atom is 0.390 e. The van der Waals surface area contributed by atoms with Gasteiger partial charge in [-0.2, -0.15) is 13.2 Å². The van der Waals surface area contributed by atoms with Gasteiger partial charge in [-0.1, -0.05) is 28.1 Å². The molecule has 0 bridgehead atoms. The smallest absolute Gasteiger partial charge is 0.208 e. The van der Waals surface area contributed by atoms with Gasteiger partial charge < -0.3 is 0 Å². The first kappa shape index (κ1) is 16.5. The molecule has 1 aromatic rings. The second-order valence-electron chi connectivity index (χ2n) is 4.12. The summed E-state index contributed by atoms with van der Waals surface area (Å²) < 4.78 is 62.1. The summed E-state index contributed by atoms with van der Waals surface area (Å²) in [6.07, 6.45) is -5.60. The molecule has 8 heteroatoms. The lowest BCUT2D eigenvalue weighted by Crippen LogP contribution is -2.35. The van der Waals surface area contributed by atoms with Gasteiger partial charge in [0.2, 0.25) is 10.0 Å². The van der Waals surface area contributed by atoms with Crippen LogP contribution in [-0.4, -0.2) is 20.6 Å². The quantitative estimate of drug-likeness (QED) is 0.820. The number of hydrogen-bond acceptors (Lipinski definition) is 2. The van der Waals surface area contributed by atoms with Crippen molar-refractivity contribution in [1.29, 1.82) is 0 Å². The highest BCUT2D eigenvalue weighted by molar-refractivity contribution is 9.08. The molecular weight excluding hydrogens is 347 g/mol. The highest BCUT2D eigenvalue weighted by Gasteiger charge is 2.31. The van der Waals surface area contributed by atoms with Crippen LogP contribution in [0.1, 0.15) is 18.9 Å². The Morgan fingerprint density at radius 3 is 2.21 bits per heavy atom. The van der Waals surface area contributed by atoms with Crippen LogP contribution in [0.25, 0.3) is 0 Å². The largest absolute Gasteiger partial charge is 0.390 e. The van der Waals surface area contributed by atoms with Crippen molar-refractivity contribution >= 4 is 26.0 Å². The Balaban J connectivity index is 2.80. The molecule has 0 aromatic heterocycles. The van der Waals surface area contributed by atoms with E-state index in [1.165, 1.54) is 19.1 Å². The van der Waals surface area contributed by atoms with Crippen molar-refractivity contribution in [2.75, 3.05) is 0 Å². The Hall–Kier alpha value is -0.600. The Kier molecular flexibility index (Phi) is 5.40. The second-order valence-corrected chi connectivity index (χ2v) is 6.39. The first-order valence-electron chi connectivity index (χ1n) is 5.38. The van der Waals surface area contributed by atoms with E-state index >= 15 is 0 Å². The second kappa shape index (κ2) is 6.23. The van der Waals surface area contributed by atoms with Crippen molar-refractivity contribution in [3.63, 3.8) is 0 Å². The molecule has 0 heterocycles. The van der Waals surface area contributed by atoms with Crippen LogP contribution in [0.15, 0.2) is 29.2 Å². The average Bonchev–Trinajstić information content (AvgIpc) is 2.25. The molecule has 0 aliphatic rings. The minimum Gasteiger partial charge on any atom is -0.208 e. The molecule has 0 saturated heterocycles. The van der Waals surface area contributed by atoms with Gasteiger partial charge in [0.1, 0.15) is 0 Å². The standard InChI is InChI=1S/C11H13BrF3NO2S/c1-8(6-11(13,14)15)16-19(17,18)10-4-2-9(7-12)3-5-10/h2-5,8,16H,6-7H2,1H3. The van der Waals surface area contributed by atoms with E-state index in [9.17, 15) is 21.6 Å². The van der Waals surface area contributed by atoms with E-state index in [4.69, 9.17) is 0 Å². The molecule has 1 atom stereocenters. The normalized spacial score (nSPS) is 14.4. The molecule has 0 radical (unpaired) electrons. The zero-order chi connectivity index (χ0) is 14.7. The number of nitrogens with one attached hydrogen (secondary N) is 1. The van der Waals surface area contributed by atoms with Crippen molar-refractivity contribution in [1.82, 2.24) is 4.72 Å². The molecule has 0 saturated carbocycles. The molecule has 0 amide bonds. The molecule has 0 aliphatic carbocycles. The topological polar surface area (TPSA) is 46.2 Å². The van der Waals surface area contributed by atoms with Gasteiger partial charge in [-0.25, -0.2) is 13.1 Å². The Labute approximate surface area is 118 Å². The third kappa shape index (κ3) is 5.50. The molecule has 0 aliphatic heterocycles. The first-order chi connectivity index (χ1) is 8.64. The third-order valence-electron chi connectivity index (χ3n) is 2.28. The molecule has 3 nitrogen and oxygen atoms in total. The van der Waals surface area contributed by atoms with Crippen molar-refractivity contribution in [2.24, 2.45) is 0 Å². The highest BCUT2D eigenvalue weighted by Crippen LogP contribution is 2.22. The van der Waals surface area contributed by atoms with Crippen LogP contribution in [0.4, 0.5) is 13.2 Å². The van der Waals surface area contributed by atoms with E-state index in [0.717, 1.165) is 5.56 Å². The summed E-state index contributed by atoms with van der Waals surface area (Å²) in [6, 6.07) is 4.70. The monoisotopic (exact) mass is 359 g/mol.